The fourth-order valence-corrected chi connectivity index (χ4v) is 1.32. The van der Waals surface area contributed by atoms with Gasteiger partial charge in [0.25, 0.3) is 0 Å². The molecule has 4 heteroatoms. The van der Waals surface area contributed by atoms with Gasteiger partial charge in [-0.1, -0.05) is 6.07 Å². The highest BCUT2D eigenvalue weighted by Gasteiger charge is 2.05. The molecule has 0 bridgehead atoms. The molecule has 0 atom stereocenters. The highest BCUT2D eigenvalue weighted by molar-refractivity contribution is 7.81. The Kier molecular flexibility index (Phi) is 4.46. The molecule has 0 aliphatic carbocycles. The van der Waals surface area contributed by atoms with E-state index in [1.807, 2.05) is 18.2 Å². The first-order valence-corrected chi connectivity index (χ1v) is 5.12. The molecule has 0 radical (unpaired) electrons. The molecule has 1 heterocycles. The van der Waals surface area contributed by atoms with Crippen LogP contribution in [0.5, 0.6) is 0 Å². The highest BCUT2D eigenvalue weighted by atomic mass is 32.1. The average molecular weight is 210 g/mol. The van der Waals surface area contributed by atoms with Crippen LogP contribution in [0, 0.1) is 0 Å². The Morgan fingerprint density at radius 3 is 2.93 bits per heavy atom. The number of aromatic nitrogens is 1. The van der Waals surface area contributed by atoms with Crippen molar-refractivity contribution in [1.29, 1.82) is 0 Å². The Labute approximate surface area is 89.6 Å². The Hall–Kier alpha value is -1.03. The van der Waals surface area contributed by atoms with Crippen molar-refractivity contribution < 1.29 is 4.79 Å². The van der Waals surface area contributed by atoms with E-state index < -0.39 is 0 Å². The van der Waals surface area contributed by atoms with E-state index in [9.17, 15) is 4.79 Å². The molecule has 0 spiro atoms. The van der Waals surface area contributed by atoms with Gasteiger partial charge in [0.2, 0.25) is 5.91 Å². The maximum absolute atomic E-state index is 11.2. The first kappa shape index (κ1) is 11.0. The topological polar surface area (TPSA) is 33.2 Å². The van der Waals surface area contributed by atoms with Crippen molar-refractivity contribution in [1.82, 2.24) is 9.88 Å². The molecule has 76 valence electrons. The van der Waals surface area contributed by atoms with E-state index in [0.717, 1.165) is 12.1 Å². The number of hydrogen-bond donors (Lipinski definition) is 1. The first-order valence-electron chi connectivity index (χ1n) is 4.48. The van der Waals surface area contributed by atoms with E-state index in [1.54, 1.807) is 18.1 Å². The standard InChI is InChI=1S/C10H14N2OS/c1-12(10(13)8-14)7-5-9-4-2-3-6-11-9/h2-4,6,14H,5,7-8H2,1H3. The van der Waals surface area contributed by atoms with E-state index in [2.05, 4.69) is 17.6 Å². The van der Waals surface area contributed by atoms with Crippen LogP contribution in [0.25, 0.3) is 0 Å². The molecule has 0 N–H and O–H groups in total. The Bertz CT molecular complexity index is 289. The van der Waals surface area contributed by atoms with E-state index in [4.69, 9.17) is 0 Å². The second-order valence-electron chi connectivity index (χ2n) is 3.04. The minimum absolute atomic E-state index is 0.0456. The number of amides is 1. The van der Waals surface area contributed by atoms with Gasteiger partial charge in [-0.3, -0.25) is 9.78 Å². The number of carbonyl (C=O) groups excluding carboxylic acids is 1. The van der Waals surface area contributed by atoms with E-state index >= 15 is 0 Å². The molecule has 1 aromatic rings. The number of carbonyl (C=O) groups is 1. The fraction of sp³-hybridized carbons (Fsp3) is 0.400. The third kappa shape index (κ3) is 3.38. The van der Waals surface area contributed by atoms with Crippen LogP contribution in [-0.2, 0) is 11.2 Å². The summed E-state index contributed by atoms with van der Waals surface area (Å²) < 4.78 is 0. The Morgan fingerprint density at radius 1 is 1.57 bits per heavy atom. The first-order chi connectivity index (χ1) is 6.74. The van der Waals surface area contributed by atoms with Gasteiger partial charge in [0.15, 0.2) is 0 Å². The molecule has 1 aromatic heterocycles. The maximum Gasteiger partial charge on any atom is 0.232 e. The van der Waals surface area contributed by atoms with Crippen molar-refractivity contribution in [2.45, 2.75) is 6.42 Å². The van der Waals surface area contributed by atoms with E-state index in [-0.39, 0.29) is 11.7 Å². The monoisotopic (exact) mass is 210 g/mol. The summed E-state index contributed by atoms with van der Waals surface area (Å²) in [5.41, 5.74) is 1.01. The number of thiol groups is 1. The van der Waals surface area contributed by atoms with E-state index in [0.29, 0.717) is 6.54 Å². The van der Waals surface area contributed by atoms with Crippen LogP contribution in [0.4, 0.5) is 0 Å². The molecule has 1 amide bonds. The Balaban J connectivity index is 2.38. The molecule has 0 unspecified atom stereocenters. The van der Waals surface area contributed by atoms with Crippen LogP contribution in [0.15, 0.2) is 24.4 Å². The van der Waals surface area contributed by atoms with Gasteiger partial charge in [0.1, 0.15) is 0 Å². The summed E-state index contributed by atoms with van der Waals surface area (Å²) in [6.45, 7) is 0.691. The second-order valence-corrected chi connectivity index (χ2v) is 3.36. The van der Waals surface area contributed by atoms with Crippen LogP contribution in [0.2, 0.25) is 0 Å². The maximum atomic E-state index is 11.2. The van der Waals surface area contributed by atoms with Gasteiger partial charge < -0.3 is 4.90 Å². The molecule has 0 fully saturated rings. The molecular weight excluding hydrogens is 196 g/mol. The van der Waals surface area contributed by atoms with Crippen molar-refractivity contribution in [2.75, 3.05) is 19.3 Å². The largest absolute Gasteiger partial charge is 0.345 e. The SMILES string of the molecule is CN(CCc1ccccn1)C(=O)CS. The summed E-state index contributed by atoms with van der Waals surface area (Å²) in [6, 6.07) is 5.79. The van der Waals surface area contributed by atoms with Crippen molar-refractivity contribution in [2.24, 2.45) is 0 Å². The van der Waals surface area contributed by atoms with Gasteiger partial charge in [0.05, 0.1) is 5.75 Å². The normalized spacial score (nSPS) is 9.86. The average Bonchev–Trinajstić information content (AvgIpc) is 2.26. The molecule has 0 aliphatic heterocycles. The predicted molar refractivity (Wildman–Crippen MR) is 59.4 cm³/mol. The number of rotatable bonds is 4. The number of pyridine rings is 1. The molecule has 0 aliphatic rings. The van der Waals surface area contributed by atoms with Gasteiger partial charge in [-0.05, 0) is 12.1 Å². The quantitative estimate of drug-likeness (QED) is 0.752. The molecule has 0 saturated heterocycles. The zero-order valence-electron chi connectivity index (χ0n) is 8.18. The van der Waals surface area contributed by atoms with Gasteiger partial charge in [0, 0.05) is 31.9 Å². The number of likely N-dealkylation sites (N-methyl/N-ethyl adjacent to an activating group) is 1. The van der Waals surface area contributed by atoms with Crippen LogP contribution >= 0.6 is 12.6 Å². The van der Waals surface area contributed by atoms with Gasteiger partial charge in [-0.25, -0.2) is 0 Å². The summed E-state index contributed by atoms with van der Waals surface area (Å²) in [5, 5.41) is 0. The van der Waals surface area contributed by atoms with Crippen LogP contribution < -0.4 is 0 Å². The van der Waals surface area contributed by atoms with Crippen molar-refractivity contribution in [3.8, 4) is 0 Å². The Morgan fingerprint density at radius 2 is 2.36 bits per heavy atom. The minimum Gasteiger partial charge on any atom is -0.345 e. The molecule has 0 saturated carbocycles. The summed E-state index contributed by atoms with van der Waals surface area (Å²) >= 11 is 3.93. The summed E-state index contributed by atoms with van der Waals surface area (Å²) in [4.78, 5) is 17.0. The van der Waals surface area contributed by atoms with Crippen LogP contribution in [0.1, 0.15) is 5.69 Å². The van der Waals surface area contributed by atoms with Crippen molar-refractivity contribution in [3.63, 3.8) is 0 Å². The molecule has 3 nitrogen and oxygen atoms in total. The second kappa shape index (κ2) is 5.65. The van der Waals surface area contributed by atoms with Gasteiger partial charge >= 0.3 is 0 Å². The lowest BCUT2D eigenvalue weighted by molar-refractivity contribution is -0.127. The fourth-order valence-electron chi connectivity index (χ4n) is 1.07. The van der Waals surface area contributed by atoms with Gasteiger partial charge in [-0.2, -0.15) is 12.6 Å². The number of nitrogens with zero attached hydrogens (tertiary/aromatic N) is 2. The number of hydrogen-bond acceptors (Lipinski definition) is 3. The molecular formula is C10H14N2OS. The zero-order valence-corrected chi connectivity index (χ0v) is 9.08. The summed E-state index contributed by atoms with van der Waals surface area (Å²) in [5.74, 6) is 0.308. The minimum atomic E-state index is 0.0456. The van der Waals surface area contributed by atoms with Crippen molar-refractivity contribution in [3.05, 3.63) is 30.1 Å². The van der Waals surface area contributed by atoms with Crippen LogP contribution in [0.3, 0.4) is 0 Å². The van der Waals surface area contributed by atoms with Crippen LogP contribution in [-0.4, -0.2) is 35.1 Å². The van der Waals surface area contributed by atoms with Crippen molar-refractivity contribution >= 4 is 18.5 Å². The van der Waals surface area contributed by atoms with E-state index in [1.165, 1.54) is 0 Å². The summed E-state index contributed by atoms with van der Waals surface area (Å²) in [7, 11) is 1.78. The lowest BCUT2D eigenvalue weighted by Gasteiger charge is -2.15. The third-order valence-corrected chi connectivity index (χ3v) is 2.26. The predicted octanol–water partition coefficient (Wildman–Crippen LogP) is 1.01. The van der Waals surface area contributed by atoms with Gasteiger partial charge in [-0.15, -0.1) is 0 Å². The molecule has 14 heavy (non-hydrogen) atoms. The third-order valence-electron chi connectivity index (χ3n) is 1.99. The molecule has 1 rings (SSSR count). The summed E-state index contributed by atoms with van der Waals surface area (Å²) in [6.07, 6.45) is 2.55. The lowest BCUT2D eigenvalue weighted by Crippen LogP contribution is -2.29. The molecule has 0 aromatic carbocycles. The highest BCUT2D eigenvalue weighted by Crippen LogP contribution is 1.97. The zero-order chi connectivity index (χ0) is 10.4. The smallest absolute Gasteiger partial charge is 0.232 e. The lowest BCUT2D eigenvalue weighted by atomic mass is 10.2.